The van der Waals surface area contributed by atoms with E-state index in [1.54, 1.807) is 6.07 Å². The van der Waals surface area contributed by atoms with Gasteiger partial charge < -0.3 is 14.6 Å². The number of ether oxygens (including phenoxy) is 2. The average Bonchev–Trinajstić information content (AvgIpc) is 2.48. The van der Waals surface area contributed by atoms with Gasteiger partial charge in [-0.05, 0) is 47.2 Å². The van der Waals surface area contributed by atoms with Crippen molar-refractivity contribution < 1.29 is 19.4 Å². The molecule has 5 heteroatoms. The Morgan fingerprint density at radius 1 is 1.19 bits per heavy atom. The molecule has 21 heavy (non-hydrogen) atoms. The van der Waals surface area contributed by atoms with Crippen LogP contribution in [0.3, 0.4) is 0 Å². The Morgan fingerprint density at radius 2 is 1.90 bits per heavy atom. The zero-order valence-electron chi connectivity index (χ0n) is 11.5. The standard InChI is InChI=1S/C16H15IO4/c1-2-20-15-13(17)8-12(16(18)19)9-14(15)21-10-11-6-4-3-5-7-11/h3-9H,2,10H2,1H3,(H,18,19). The van der Waals surface area contributed by atoms with Crippen molar-refractivity contribution in [1.82, 2.24) is 0 Å². The monoisotopic (exact) mass is 398 g/mol. The van der Waals surface area contributed by atoms with E-state index in [1.165, 1.54) is 6.07 Å². The topological polar surface area (TPSA) is 55.8 Å². The van der Waals surface area contributed by atoms with Crippen molar-refractivity contribution in [1.29, 1.82) is 0 Å². The molecule has 0 saturated heterocycles. The zero-order chi connectivity index (χ0) is 15.2. The molecule has 0 aliphatic carbocycles. The van der Waals surface area contributed by atoms with E-state index in [4.69, 9.17) is 14.6 Å². The molecule has 2 rings (SSSR count). The number of rotatable bonds is 6. The summed E-state index contributed by atoms with van der Waals surface area (Å²) in [5, 5.41) is 9.14. The van der Waals surface area contributed by atoms with Crippen molar-refractivity contribution in [2.24, 2.45) is 0 Å². The van der Waals surface area contributed by atoms with Crippen LogP contribution in [0.2, 0.25) is 0 Å². The summed E-state index contributed by atoms with van der Waals surface area (Å²) in [5.74, 6) is 0.0459. The Balaban J connectivity index is 2.28. The summed E-state index contributed by atoms with van der Waals surface area (Å²) < 4.78 is 12.0. The fraction of sp³-hybridized carbons (Fsp3) is 0.188. The van der Waals surface area contributed by atoms with Gasteiger partial charge in [-0.1, -0.05) is 30.3 Å². The fourth-order valence-corrected chi connectivity index (χ4v) is 2.58. The van der Waals surface area contributed by atoms with E-state index in [9.17, 15) is 4.79 Å². The number of aromatic carboxylic acids is 1. The summed E-state index contributed by atoms with van der Waals surface area (Å²) in [5.41, 5.74) is 1.20. The van der Waals surface area contributed by atoms with Crippen LogP contribution in [0.25, 0.3) is 0 Å². The first-order valence-corrected chi connectivity index (χ1v) is 7.56. The lowest BCUT2D eigenvalue weighted by molar-refractivity contribution is 0.0696. The van der Waals surface area contributed by atoms with Gasteiger partial charge in [0.15, 0.2) is 11.5 Å². The molecule has 0 aromatic heterocycles. The minimum absolute atomic E-state index is 0.186. The van der Waals surface area contributed by atoms with Crippen molar-refractivity contribution in [2.75, 3.05) is 6.61 Å². The molecule has 0 aliphatic heterocycles. The normalized spacial score (nSPS) is 10.2. The van der Waals surface area contributed by atoms with Crippen LogP contribution >= 0.6 is 22.6 Å². The highest BCUT2D eigenvalue weighted by Crippen LogP contribution is 2.34. The maximum Gasteiger partial charge on any atom is 0.335 e. The van der Waals surface area contributed by atoms with E-state index in [2.05, 4.69) is 22.6 Å². The average molecular weight is 398 g/mol. The quantitative estimate of drug-likeness (QED) is 0.749. The molecule has 2 aromatic rings. The minimum atomic E-state index is -0.986. The van der Waals surface area contributed by atoms with Crippen LogP contribution in [0.15, 0.2) is 42.5 Å². The molecular formula is C16H15IO4. The maximum atomic E-state index is 11.1. The van der Waals surface area contributed by atoms with Gasteiger partial charge in [-0.2, -0.15) is 0 Å². The number of hydrogen-bond acceptors (Lipinski definition) is 3. The van der Waals surface area contributed by atoms with E-state index in [-0.39, 0.29) is 5.56 Å². The van der Waals surface area contributed by atoms with Gasteiger partial charge in [-0.25, -0.2) is 4.79 Å². The SMILES string of the molecule is CCOc1c(I)cc(C(=O)O)cc1OCc1ccccc1. The van der Waals surface area contributed by atoms with Gasteiger partial charge in [-0.3, -0.25) is 0 Å². The van der Waals surface area contributed by atoms with Gasteiger partial charge in [0.2, 0.25) is 0 Å². The summed E-state index contributed by atoms with van der Waals surface area (Å²) in [7, 11) is 0. The van der Waals surface area contributed by atoms with Crippen molar-refractivity contribution in [3.8, 4) is 11.5 Å². The molecule has 0 bridgehead atoms. The Hall–Kier alpha value is -1.76. The summed E-state index contributed by atoms with van der Waals surface area (Å²) >= 11 is 2.05. The van der Waals surface area contributed by atoms with Crippen LogP contribution in [-0.4, -0.2) is 17.7 Å². The van der Waals surface area contributed by atoms with E-state index in [0.717, 1.165) is 9.13 Å². The van der Waals surface area contributed by atoms with Crippen LogP contribution in [0, 0.1) is 3.57 Å². The number of halogens is 1. The van der Waals surface area contributed by atoms with Gasteiger partial charge >= 0.3 is 5.97 Å². The van der Waals surface area contributed by atoms with Crippen molar-refractivity contribution in [2.45, 2.75) is 13.5 Å². The van der Waals surface area contributed by atoms with E-state index < -0.39 is 5.97 Å². The number of carbonyl (C=O) groups is 1. The second-order valence-electron chi connectivity index (χ2n) is 4.30. The second kappa shape index (κ2) is 7.31. The lowest BCUT2D eigenvalue weighted by Gasteiger charge is -2.14. The second-order valence-corrected chi connectivity index (χ2v) is 5.46. The highest BCUT2D eigenvalue weighted by atomic mass is 127. The van der Waals surface area contributed by atoms with Gasteiger partial charge in [-0.15, -0.1) is 0 Å². The van der Waals surface area contributed by atoms with Crippen LogP contribution in [0.1, 0.15) is 22.8 Å². The molecule has 0 aliphatic rings. The van der Waals surface area contributed by atoms with Gasteiger partial charge in [0, 0.05) is 0 Å². The van der Waals surface area contributed by atoms with Crippen molar-refractivity contribution in [3.63, 3.8) is 0 Å². The lowest BCUT2D eigenvalue weighted by atomic mass is 10.2. The molecule has 4 nitrogen and oxygen atoms in total. The van der Waals surface area contributed by atoms with Crippen LogP contribution in [0.4, 0.5) is 0 Å². The number of benzene rings is 2. The predicted octanol–water partition coefficient (Wildman–Crippen LogP) is 3.97. The summed E-state index contributed by atoms with van der Waals surface area (Å²) in [6.45, 7) is 2.73. The third kappa shape index (κ3) is 4.10. The first-order valence-electron chi connectivity index (χ1n) is 6.48. The Morgan fingerprint density at radius 3 is 2.52 bits per heavy atom. The molecule has 0 unspecified atom stereocenters. The molecule has 0 atom stereocenters. The number of carboxylic acids is 1. The zero-order valence-corrected chi connectivity index (χ0v) is 13.7. The van der Waals surface area contributed by atoms with Gasteiger partial charge in [0.05, 0.1) is 15.7 Å². The van der Waals surface area contributed by atoms with E-state index in [0.29, 0.717) is 24.7 Å². The highest BCUT2D eigenvalue weighted by molar-refractivity contribution is 14.1. The first kappa shape index (κ1) is 15.6. The summed E-state index contributed by atoms with van der Waals surface area (Å²) in [6.07, 6.45) is 0. The summed E-state index contributed by atoms with van der Waals surface area (Å²) in [6, 6.07) is 12.8. The summed E-state index contributed by atoms with van der Waals surface area (Å²) in [4.78, 5) is 11.1. The Bertz CT molecular complexity index is 626. The van der Waals surface area contributed by atoms with Gasteiger partial charge in [0.1, 0.15) is 6.61 Å². The first-order chi connectivity index (χ1) is 10.1. The third-order valence-corrected chi connectivity index (χ3v) is 3.58. The van der Waals surface area contributed by atoms with E-state index in [1.807, 2.05) is 37.3 Å². The highest BCUT2D eigenvalue weighted by Gasteiger charge is 2.15. The molecule has 2 aromatic carbocycles. The third-order valence-electron chi connectivity index (χ3n) is 2.78. The van der Waals surface area contributed by atoms with Crippen molar-refractivity contribution >= 4 is 28.6 Å². The smallest absolute Gasteiger partial charge is 0.335 e. The van der Waals surface area contributed by atoms with Crippen LogP contribution in [0.5, 0.6) is 11.5 Å². The largest absolute Gasteiger partial charge is 0.489 e. The number of carboxylic acid groups (broad SMARTS) is 1. The van der Waals surface area contributed by atoms with Gasteiger partial charge in [0.25, 0.3) is 0 Å². The fourth-order valence-electron chi connectivity index (χ4n) is 1.82. The Kier molecular flexibility index (Phi) is 5.44. The molecular weight excluding hydrogens is 383 g/mol. The molecule has 0 heterocycles. The Labute approximate surface area is 136 Å². The molecule has 0 spiro atoms. The molecule has 110 valence electrons. The lowest BCUT2D eigenvalue weighted by Crippen LogP contribution is -2.04. The predicted molar refractivity (Wildman–Crippen MR) is 88.1 cm³/mol. The van der Waals surface area contributed by atoms with Crippen molar-refractivity contribution in [3.05, 3.63) is 57.2 Å². The molecule has 0 saturated carbocycles. The molecule has 0 amide bonds. The molecule has 0 fully saturated rings. The van der Waals surface area contributed by atoms with Crippen LogP contribution < -0.4 is 9.47 Å². The number of hydrogen-bond donors (Lipinski definition) is 1. The minimum Gasteiger partial charge on any atom is -0.489 e. The van der Waals surface area contributed by atoms with E-state index >= 15 is 0 Å². The molecule has 1 N–H and O–H groups in total. The molecule has 0 radical (unpaired) electrons. The maximum absolute atomic E-state index is 11.1. The van der Waals surface area contributed by atoms with Crippen LogP contribution in [-0.2, 0) is 6.61 Å².